The number of rotatable bonds is 10. The van der Waals surface area contributed by atoms with Gasteiger partial charge < -0.3 is 0 Å². The predicted molar refractivity (Wildman–Crippen MR) is 75.4 cm³/mol. The number of unbranched alkanes of at least 4 members (excludes halogenated alkanes) is 2. The van der Waals surface area contributed by atoms with Gasteiger partial charge >= 0.3 is 0 Å². The summed E-state index contributed by atoms with van der Waals surface area (Å²) in [5, 5.41) is 4.52. The molecule has 0 unspecified atom stereocenters. The van der Waals surface area contributed by atoms with Crippen LogP contribution in [0.4, 0.5) is 0 Å². The lowest BCUT2D eigenvalue weighted by Crippen LogP contribution is -2.29. The Morgan fingerprint density at radius 1 is 1.06 bits per heavy atom. The lowest BCUT2D eigenvalue weighted by Gasteiger charge is -2.21. The molecule has 0 bridgehead atoms. The van der Waals surface area contributed by atoms with E-state index in [1.807, 2.05) is 11.0 Å². The van der Waals surface area contributed by atoms with Gasteiger partial charge in [-0.05, 0) is 32.4 Å². The summed E-state index contributed by atoms with van der Waals surface area (Å²) in [5.74, 6) is 0.975. The van der Waals surface area contributed by atoms with Gasteiger partial charge in [-0.3, -0.25) is 4.90 Å². The third-order valence-electron chi connectivity index (χ3n) is 3.06. The fourth-order valence-electron chi connectivity index (χ4n) is 1.96. The van der Waals surface area contributed by atoms with E-state index in [4.69, 9.17) is 0 Å². The summed E-state index contributed by atoms with van der Waals surface area (Å²) in [6.45, 7) is 9.87. The molecule has 0 aliphatic rings. The van der Waals surface area contributed by atoms with Gasteiger partial charge in [-0.15, -0.1) is 0 Å². The molecule has 0 amide bonds. The van der Waals surface area contributed by atoms with Crippen LogP contribution in [0.15, 0.2) is 6.33 Å². The summed E-state index contributed by atoms with van der Waals surface area (Å²) in [6, 6.07) is 0. The number of hydrogen-bond acceptors (Lipinski definition) is 3. The minimum Gasteiger partial charge on any atom is -0.284 e. The van der Waals surface area contributed by atoms with Crippen LogP contribution in [-0.2, 0) is 13.1 Å². The minimum absolute atomic E-state index is 0.886. The Kier molecular flexibility index (Phi) is 7.65. The Hall–Kier alpha value is -0.900. The predicted octanol–water partition coefficient (Wildman–Crippen LogP) is 3.09. The molecule has 4 nitrogen and oxygen atoms in total. The van der Waals surface area contributed by atoms with E-state index in [-0.39, 0.29) is 0 Å². The van der Waals surface area contributed by atoms with Crippen molar-refractivity contribution in [1.29, 1.82) is 0 Å². The van der Waals surface area contributed by atoms with Gasteiger partial charge in [-0.25, -0.2) is 9.67 Å². The third kappa shape index (κ3) is 5.63. The Bertz CT molecular complexity index is 300. The van der Waals surface area contributed by atoms with Crippen LogP contribution in [0.5, 0.6) is 0 Å². The zero-order chi connectivity index (χ0) is 13.2. The molecule has 0 aromatic carbocycles. The van der Waals surface area contributed by atoms with Crippen LogP contribution in [0.3, 0.4) is 0 Å². The summed E-state index contributed by atoms with van der Waals surface area (Å²) in [5.41, 5.74) is 0. The van der Waals surface area contributed by atoms with E-state index in [0.29, 0.717) is 0 Å². The number of hydrogen-bond donors (Lipinski definition) is 0. The van der Waals surface area contributed by atoms with Crippen LogP contribution >= 0.6 is 0 Å². The molecular weight excluding hydrogens is 224 g/mol. The van der Waals surface area contributed by atoms with E-state index in [1.165, 1.54) is 38.8 Å². The summed E-state index contributed by atoms with van der Waals surface area (Å²) in [4.78, 5) is 6.83. The Labute approximate surface area is 111 Å². The second kappa shape index (κ2) is 9.09. The standard InChI is InChI=1S/C14H28N4/c1-4-7-10-17(11-8-5-2)13-18-12-15-14(16-18)9-6-3/h12H,4-11,13H2,1-3H3. The van der Waals surface area contributed by atoms with Crippen LogP contribution in [-0.4, -0.2) is 32.8 Å². The first kappa shape index (κ1) is 15.2. The quantitative estimate of drug-likeness (QED) is 0.641. The van der Waals surface area contributed by atoms with Crippen molar-refractivity contribution in [2.24, 2.45) is 0 Å². The molecule has 0 fully saturated rings. The van der Waals surface area contributed by atoms with Crippen molar-refractivity contribution in [2.75, 3.05) is 13.1 Å². The third-order valence-corrected chi connectivity index (χ3v) is 3.06. The van der Waals surface area contributed by atoms with Crippen molar-refractivity contribution in [3.63, 3.8) is 0 Å². The van der Waals surface area contributed by atoms with E-state index in [1.54, 1.807) is 0 Å². The van der Waals surface area contributed by atoms with Crippen LogP contribution in [0.1, 0.15) is 58.7 Å². The van der Waals surface area contributed by atoms with Gasteiger partial charge in [0, 0.05) is 6.42 Å². The van der Waals surface area contributed by atoms with E-state index in [2.05, 4.69) is 35.8 Å². The molecule has 1 aromatic rings. The molecule has 1 rings (SSSR count). The monoisotopic (exact) mass is 252 g/mol. The molecule has 0 N–H and O–H groups in total. The highest BCUT2D eigenvalue weighted by atomic mass is 15.4. The van der Waals surface area contributed by atoms with Crippen molar-refractivity contribution in [2.45, 2.75) is 66.0 Å². The second-order valence-electron chi connectivity index (χ2n) is 4.92. The zero-order valence-electron chi connectivity index (χ0n) is 12.2. The first-order valence-electron chi connectivity index (χ1n) is 7.40. The summed E-state index contributed by atoms with van der Waals surface area (Å²) >= 11 is 0. The fraction of sp³-hybridized carbons (Fsp3) is 0.857. The van der Waals surface area contributed by atoms with Gasteiger partial charge in [0.2, 0.25) is 0 Å². The maximum absolute atomic E-state index is 4.52. The molecule has 0 aliphatic heterocycles. The topological polar surface area (TPSA) is 34.0 Å². The summed E-state index contributed by atoms with van der Waals surface area (Å²) in [7, 11) is 0. The van der Waals surface area contributed by atoms with Gasteiger partial charge in [-0.1, -0.05) is 33.6 Å². The molecular formula is C14H28N4. The molecule has 104 valence electrons. The van der Waals surface area contributed by atoms with Crippen LogP contribution in [0, 0.1) is 0 Å². The fourth-order valence-corrected chi connectivity index (χ4v) is 1.96. The summed E-state index contributed by atoms with van der Waals surface area (Å²) < 4.78 is 1.98. The highest BCUT2D eigenvalue weighted by Gasteiger charge is 2.06. The van der Waals surface area contributed by atoms with Crippen LogP contribution in [0.25, 0.3) is 0 Å². The SMILES string of the molecule is CCCCN(CCCC)Cn1cnc(CCC)n1. The van der Waals surface area contributed by atoms with E-state index < -0.39 is 0 Å². The first-order chi connectivity index (χ1) is 8.80. The van der Waals surface area contributed by atoms with Gasteiger partial charge in [0.15, 0.2) is 5.82 Å². The molecule has 1 heterocycles. The van der Waals surface area contributed by atoms with Crippen LogP contribution < -0.4 is 0 Å². The molecule has 0 spiro atoms. The molecule has 0 saturated carbocycles. The molecule has 18 heavy (non-hydrogen) atoms. The van der Waals surface area contributed by atoms with Gasteiger partial charge in [0.05, 0.1) is 6.67 Å². The van der Waals surface area contributed by atoms with Crippen molar-refractivity contribution in [1.82, 2.24) is 19.7 Å². The molecule has 1 aromatic heterocycles. The smallest absolute Gasteiger partial charge is 0.150 e. The average Bonchev–Trinajstić information content (AvgIpc) is 2.80. The van der Waals surface area contributed by atoms with Crippen molar-refractivity contribution >= 4 is 0 Å². The second-order valence-corrected chi connectivity index (χ2v) is 4.92. The summed E-state index contributed by atoms with van der Waals surface area (Å²) in [6.07, 6.45) is 8.99. The molecule has 0 aliphatic carbocycles. The van der Waals surface area contributed by atoms with E-state index in [0.717, 1.165) is 25.3 Å². The van der Waals surface area contributed by atoms with E-state index in [9.17, 15) is 0 Å². The average molecular weight is 252 g/mol. The van der Waals surface area contributed by atoms with Crippen molar-refractivity contribution < 1.29 is 0 Å². The Morgan fingerprint density at radius 3 is 2.28 bits per heavy atom. The Morgan fingerprint density at radius 2 is 1.72 bits per heavy atom. The highest BCUT2D eigenvalue weighted by Crippen LogP contribution is 2.02. The minimum atomic E-state index is 0.886. The Balaban J connectivity index is 2.46. The molecule has 0 atom stereocenters. The lowest BCUT2D eigenvalue weighted by molar-refractivity contribution is 0.200. The largest absolute Gasteiger partial charge is 0.284 e. The van der Waals surface area contributed by atoms with Gasteiger partial charge in [0.1, 0.15) is 6.33 Å². The van der Waals surface area contributed by atoms with Crippen molar-refractivity contribution in [3.8, 4) is 0 Å². The van der Waals surface area contributed by atoms with Crippen LogP contribution in [0.2, 0.25) is 0 Å². The van der Waals surface area contributed by atoms with E-state index >= 15 is 0 Å². The first-order valence-corrected chi connectivity index (χ1v) is 7.40. The number of aromatic nitrogens is 3. The zero-order valence-corrected chi connectivity index (χ0v) is 12.2. The maximum atomic E-state index is 4.52. The maximum Gasteiger partial charge on any atom is 0.150 e. The van der Waals surface area contributed by atoms with Crippen molar-refractivity contribution in [3.05, 3.63) is 12.2 Å². The molecule has 4 heteroatoms. The lowest BCUT2D eigenvalue weighted by atomic mass is 10.3. The molecule has 0 saturated heterocycles. The van der Waals surface area contributed by atoms with Gasteiger partial charge in [-0.2, -0.15) is 5.10 Å². The normalized spacial score (nSPS) is 11.3. The highest BCUT2D eigenvalue weighted by molar-refractivity contribution is 4.80. The number of nitrogens with zero attached hydrogens (tertiary/aromatic N) is 4. The van der Waals surface area contributed by atoms with Gasteiger partial charge in [0.25, 0.3) is 0 Å². The molecule has 0 radical (unpaired) electrons. The number of aryl methyl sites for hydroxylation is 1.